The molecular formula is C27H21F2N3O. The second-order valence-electron chi connectivity index (χ2n) is 7.94. The van der Waals surface area contributed by atoms with Crippen LogP contribution in [0.3, 0.4) is 0 Å². The van der Waals surface area contributed by atoms with Gasteiger partial charge in [-0.15, -0.1) is 0 Å². The molecule has 2 aromatic heterocycles. The number of aryl methyl sites for hydroxylation is 1. The fraction of sp³-hybridized carbons (Fsp3) is 0.111. The molecule has 2 heterocycles. The number of carbonyl (C=O) groups is 1. The molecule has 164 valence electrons. The Hall–Kier alpha value is -4.06. The molecule has 0 atom stereocenters. The van der Waals surface area contributed by atoms with E-state index in [9.17, 15) is 13.6 Å². The number of benzene rings is 3. The van der Waals surface area contributed by atoms with Gasteiger partial charge in [-0.2, -0.15) is 0 Å². The fourth-order valence-corrected chi connectivity index (χ4v) is 4.11. The normalized spacial score (nSPS) is 11.2. The fourth-order valence-electron chi connectivity index (χ4n) is 4.11. The lowest BCUT2D eigenvalue weighted by atomic mass is 10.0. The molecule has 0 aliphatic carbocycles. The number of aromatic nitrogens is 2. The molecule has 0 aliphatic heterocycles. The maximum absolute atomic E-state index is 13.8. The molecule has 0 spiro atoms. The summed E-state index contributed by atoms with van der Waals surface area (Å²) >= 11 is 0. The number of rotatable bonds is 6. The lowest BCUT2D eigenvalue weighted by Gasteiger charge is -2.08. The molecule has 0 aliphatic rings. The van der Waals surface area contributed by atoms with E-state index in [4.69, 9.17) is 4.98 Å². The van der Waals surface area contributed by atoms with Crippen LogP contribution in [0.4, 0.5) is 14.5 Å². The van der Waals surface area contributed by atoms with E-state index in [1.807, 2.05) is 48.5 Å². The van der Waals surface area contributed by atoms with Gasteiger partial charge in [0.1, 0.15) is 11.6 Å². The Bertz CT molecular complexity index is 1480. The molecule has 0 saturated heterocycles. The van der Waals surface area contributed by atoms with Crippen LogP contribution in [0.1, 0.15) is 18.4 Å². The van der Waals surface area contributed by atoms with Crippen molar-refractivity contribution >= 4 is 33.4 Å². The van der Waals surface area contributed by atoms with Crippen molar-refractivity contribution in [1.29, 1.82) is 0 Å². The molecule has 5 rings (SSSR count). The van der Waals surface area contributed by atoms with Crippen molar-refractivity contribution in [2.45, 2.75) is 19.3 Å². The molecular weight excluding hydrogens is 420 g/mol. The number of nitrogens with zero attached hydrogens (tertiary/aromatic N) is 1. The minimum absolute atomic E-state index is 0.0189. The van der Waals surface area contributed by atoms with E-state index in [1.54, 1.807) is 0 Å². The molecule has 2 N–H and O–H groups in total. The Kier molecular flexibility index (Phi) is 5.57. The van der Waals surface area contributed by atoms with Gasteiger partial charge in [0.15, 0.2) is 0 Å². The molecule has 0 fully saturated rings. The number of halogens is 2. The summed E-state index contributed by atoms with van der Waals surface area (Å²) in [5.74, 6) is -1.78. The number of H-pyrrole nitrogens is 1. The Morgan fingerprint density at radius 3 is 2.64 bits per heavy atom. The zero-order valence-electron chi connectivity index (χ0n) is 17.7. The summed E-state index contributed by atoms with van der Waals surface area (Å²) in [5.41, 5.74) is 4.78. The van der Waals surface area contributed by atoms with Gasteiger partial charge < -0.3 is 10.3 Å². The van der Waals surface area contributed by atoms with Crippen LogP contribution in [0.2, 0.25) is 0 Å². The SMILES string of the molecule is O=C(CCCc1c(-c2ccc3ccccc3n2)[nH]c2ccccc12)Nc1ccc(F)cc1F. The van der Waals surface area contributed by atoms with Crippen LogP contribution in [-0.4, -0.2) is 15.9 Å². The molecule has 0 unspecified atom stereocenters. The van der Waals surface area contributed by atoms with Gasteiger partial charge in [0.05, 0.1) is 22.6 Å². The average molecular weight is 441 g/mol. The first-order valence-electron chi connectivity index (χ1n) is 10.8. The molecule has 1 amide bonds. The molecule has 33 heavy (non-hydrogen) atoms. The van der Waals surface area contributed by atoms with Crippen LogP contribution >= 0.6 is 0 Å². The van der Waals surface area contributed by atoms with Crippen LogP contribution in [-0.2, 0) is 11.2 Å². The Morgan fingerprint density at radius 2 is 1.76 bits per heavy atom. The second-order valence-corrected chi connectivity index (χ2v) is 7.94. The van der Waals surface area contributed by atoms with Gasteiger partial charge in [0, 0.05) is 28.8 Å². The minimum Gasteiger partial charge on any atom is -0.353 e. The molecule has 0 bridgehead atoms. The van der Waals surface area contributed by atoms with Gasteiger partial charge >= 0.3 is 0 Å². The van der Waals surface area contributed by atoms with E-state index in [0.29, 0.717) is 12.8 Å². The lowest BCUT2D eigenvalue weighted by Crippen LogP contribution is -2.12. The van der Waals surface area contributed by atoms with Crippen molar-refractivity contribution in [3.8, 4) is 11.4 Å². The van der Waals surface area contributed by atoms with E-state index in [1.165, 1.54) is 6.07 Å². The molecule has 5 aromatic rings. The van der Waals surface area contributed by atoms with Gasteiger partial charge in [-0.25, -0.2) is 13.8 Å². The first kappa shape index (κ1) is 20.8. The maximum atomic E-state index is 13.8. The topological polar surface area (TPSA) is 57.8 Å². The Labute approximate surface area is 189 Å². The number of para-hydroxylation sites is 2. The minimum atomic E-state index is -0.787. The van der Waals surface area contributed by atoms with E-state index < -0.39 is 11.6 Å². The summed E-state index contributed by atoms with van der Waals surface area (Å²) in [6, 6.07) is 23.2. The smallest absolute Gasteiger partial charge is 0.224 e. The predicted molar refractivity (Wildman–Crippen MR) is 127 cm³/mol. The molecule has 0 radical (unpaired) electrons. The van der Waals surface area contributed by atoms with Gasteiger partial charge in [0.25, 0.3) is 0 Å². The van der Waals surface area contributed by atoms with Gasteiger partial charge in [-0.1, -0.05) is 42.5 Å². The van der Waals surface area contributed by atoms with Crippen molar-refractivity contribution in [2.24, 2.45) is 0 Å². The highest BCUT2D eigenvalue weighted by atomic mass is 19.1. The largest absolute Gasteiger partial charge is 0.353 e. The third-order valence-electron chi connectivity index (χ3n) is 5.70. The van der Waals surface area contributed by atoms with E-state index in [-0.39, 0.29) is 18.0 Å². The standard InChI is InChI=1S/C27H21F2N3O/c28-18-13-15-24(21(29)16-18)31-26(33)11-5-8-20-19-7-2-4-10-23(19)32-27(20)25-14-12-17-6-1-3-9-22(17)30-25/h1-4,6-7,9-10,12-16,32H,5,8,11H2,(H,31,33). The predicted octanol–water partition coefficient (Wildman–Crippen LogP) is 6.62. The second kappa shape index (κ2) is 8.82. The summed E-state index contributed by atoms with van der Waals surface area (Å²) in [5, 5.41) is 4.68. The van der Waals surface area contributed by atoms with E-state index >= 15 is 0 Å². The molecule has 6 heteroatoms. The Balaban J connectivity index is 1.37. The van der Waals surface area contributed by atoms with Crippen LogP contribution in [0.25, 0.3) is 33.2 Å². The number of aromatic amines is 1. The maximum Gasteiger partial charge on any atom is 0.224 e. The van der Waals surface area contributed by atoms with Crippen LogP contribution in [0.5, 0.6) is 0 Å². The quantitative estimate of drug-likeness (QED) is 0.311. The number of anilines is 1. The number of fused-ring (bicyclic) bond motifs is 2. The van der Waals surface area contributed by atoms with Crippen molar-refractivity contribution < 1.29 is 13.6 Å². The summed E-state index contributed by atoms with van der Waals surface area (Å²) in [6.07, 6.45) is 1.42. The average Bonchev–Trinajstić information content (AvgIpc) is 3.19. The Morgan fingerprint density at radius 1 is 0.939 bits per heavy atom. The summed E-state index contributed by atoms with van der Waals surface area (Å²) < 4.78 is 26.9. The first-order valence-corrected chi connectivity index (χ1v) is 10.8. The lowest BCUT2D eigenvalue weighted by molar-refractivity contribution is -0.116. The highest BCUT2D eigenvalue weighted by Crippen LogP contribution is 2.31. The zero-order valence-corrected chi connectivity index (χ0v) is 17.7. The number of carbonyl (C=O) groups excluding carboxylic acids is 1. The first-order chi connectivity index (χ1) is 16.1. The van der Waals surface area contributed by atoms with Crippen molar-refractivity contribution in [3.63, 3.8) is 0 Å². The zero-order chi connectivity index (χ0) is 22.8. The monoisotopic (exact) mass is 441 g/mol. The number of nitrogens with one attached hydrogen (secondary N) is 2. The van der Waals surface area contributed by atoms with Crippen LogP contribution < -0.4 is 5.32 Å². The summed E-state index contributed by atoms with van der Waals surface area (Å²) in [4.78, 5) is 20.7. The van der Waals surface area contributed by atoms with Gasteiger partial charge in [-0.3, -0.25) is 4.79 Å². The number of hydrogen-bond acceptors (Lipinski definition) is 2. The molecule has 3 aromatic carbocycles. The van der Waals surface area contributed by atoms with Crippen molar-refractivity contribution in [3.05, 3.63) is 96.1 Å². The van der Waals surface area contributed by atoms with Gasteiger partial charge in [0.2, 0.25) is 5.91 Å². The third-order valence-corrected chi connectivity index (χ3v) is 5.70. The van der Waals surface area contributed by atoms with E-state index in [2.05, 4.69) is 22.4 Å². The summed E-state index contributed by atoms with van der Waals surface area (Å²) in [6.45, 7) is 0. The van der Waals surface area contributed by atoms with Crippen LogP contribution in [0, 0.1) is 11.6 Å². The van der Waals surface area contributed by atoms with Crippen molar-refractivity contribution in [2.75, 3.05) is 5.32 Å². The number of hydrogen-bond donors (Lipinski definition) is 2. The summed E-state index contributed by atoms with van der Waals surface area (Å²) in [7, 11) is 0. The molecule has 0 saturated carbocycles. The van der Waals surface area contributed by atoms with Crippen LogP contribution in [0.15, 0.2) is 78.9 Å². The molecule has 4 nitrogen and oxygen atoms in total. The third kappa shape index (κ3) is 4.32. The van der Waals surface area contributed by atoms with E-state index in [0.717, 1.165) is 50.9 Å². The van der Waals surface area contributed by atoms with Gasteiger partial charge in [-0.05, 0) is 48.7 Å². The highest BCUT2D eigenvalue weighted by Gasteiger charge is 2.15. The number of pyridine rings is 1. The highest BCUT2D eigenvalue weighted by molar-refractivity contribution is 5.92. The number of amides is 1. The van der Waals surface area contributed by atoms with Crippen molar-refractivity contribution in [1.82, 2.24) is 9.97 Å².